The monoisotopic (exact) mass is 506 g/mol. The minimum atomic E-state index is -1.04. The Morgan fingerprint density at radius 1 is 0.972 bits per heavy atom. The van der Waals surface area contributed by atoms with Gasteiger partial charge in [-0.3, -0.25) is 4.79 Å². The van der Waals surface area contributed by atoms with E-state index >= 15 is 0 Å². The number of amides is 1. The molecule has 3 rings (SSSR count). The van der Waals surface area contributed by atoms with Crippen LogP contribution in [0.15, 0.2) is 72.8 Å². The van der Waals surface area contributed by atoms with Crippen molar-refractivity contribution in [2.75, 3.05) is 30.5 Å². The second kappa shape index (κ2) is 13.7. The SMILES string of the molecule is CSCCC(NC(=O)c1ccc(NCC(CO)Cc2ccccc2)cc1-c1ccccc1C)C(=O)O. The standard InChI is InChI=1S/C29H34N2O4S/c1-20-8-6-7-11-24(20)26-17-23(30-18-22(19-32)16-21-9-4-3-5-10-21)12-13-25(26)28(33)31-27(29(34)35)14-15-36-2/h3-13,17,22,27,30,32H,14-16,18-19H2,1-2H3,(H,31,33)(H,34,35). The van der Waals surface area contributed by atoms with Crippen molar-refractivity contribution >= 4 is 29.3 Å². The summed E-state index contributed by atoms with van der Waals surface area (Å²) >= 11 is 1.54. The highest BCUT2D eigenvalue weighted by molar-refractivity contribution is 7.98. The molecule has 3 aromatic carbocycles. The van der Waals surface area contributed by atoms with Crippen molar-refractivity contribution < 1.29 is 19.8 Å². The fourth-order valence-corrected chi connectivity index (χ4v) is 4.56. The van der Waals surface area contributed by atoms with Crippen molar-refractivity contribution in [1.29, 1.82) is 0 Å². The predicted molar refractivity (Wildman–Crippen MR) is 148 cm³/mol. The molecule has 0 aliphatic carbocycles. The zero-order valence-corrected chi connectivity index (χ0v) is 21.6. The maximum absolute atomic E-state index is 13.2. The molecular weight excluding hydrogens is 472 g/mol. The Hall–Kier alpha value is -3.29. The molecule has 7 heteroatoms. The third-order valence-electron chi connectivity index (χ3n) is 6.13. The largest absolute Gasteiger partial charge is 0.480 e. The highest BCUT2D eigenvalue weighted by Gasteiger charge is 2.23. The van der Waals surface area contributed by atoms with Crippen LogP contribution in [0.1, 0.15) is 27.9 Å². The first-order chi connectivity index (χ1) is 17.4. The van der Waals surface area contributed by atoms with Crippen LogP contribution in [0.5, 0.6) is 0 Å². The number of aliphatic hydroxyl groups excluding tert-OH is 1. The topological polar surface area (TPSA) is 98.7 Å². The van der Waals surface area contributed by atoms with Gasteiger partial charge in [0, 0.05) is 30.3 Å². The molecule has 3 aromatic rings. The van der Waals surface area contributed by atoms with Crippen LogP contribution in [-0.2, 0) is 11.2 Å². The number of benzene rings is 3. The van der Waals surface area contributed by atoms with Crippen LogP contribution in [0.25, 0.3) is 11.1 Å². The van der Waals surface area contributed by atoms with E-state index in [9.17, 15) is 19.8 Å². The fourth-order valence-electron chi connectivity index (χ4n) is 4.09. The van der Waals surface area contributed by atoms with Gasteiger partial charge in [0.2, 0.25) is 0 Å². The zero-order valence-electron chi connectivity index (χ0n) is 20.7. The molecule has 190 valence electrons. The van der Waals surface area contributed by atoms with Crippen LogP contribution in [0, 0.1) is 12.8 Å². The molecule has 0 saturated carbocycles. The molecule has 0 saturated heterocycles. The van der Waals surface area contributed by atoms with Crippen LogP contribution in [0.3, 0.4) is 0 Å². The van der Waals surface area contributed by atoms with Gasteiger partial charge in [-0.1, -0.05) is 54.6 Å². The minimum Gasteiger partial charge on any atom is -0.480 e. The molecule has 4 N–H and O–H groups in total. The van der Waals surface area contributed by atoms with E-state index < -0.39 is 17.9 Å². The van der Waals surface area contributed by atoms with Gasteiger partial charge < -0.3 is 20.8 Å². The van der Waals surface area contributed by atoms with Gasteiger partial charge in [-0.25, -0.2) is 4.79 Å². The van der Waals surface area contributed by atoms with E-state index in [1.54, 1.807) is 17.8 Å². The number of hydrogen-bond donors (Lipinski definition) is 4. The van der Waals surface area contributed by atoms with Crippen molar-refractivity contribution in [1.82, 2.24) is 5.32 Å². The van der Waals surface area contributed by atoms with Gasteiger partial charge in [0.1, 0.15) is 6.04 Å². The van der Waals surface area contributed by atoms with E-state index in [1.165, 1.54) is 5.56 Å². The van der Waals surface area contributed by atoms with E-state index in [4.69, 9.17) is 0 Å². The number of aliphatic carboxylic acids is 1. The van der Waals surface area contributed by atoms with Crippen molar-refractivity contribution in [2.24, 2.45) is 5.92 Å². The number of aryl methyl sites for hydroxylation is 1. The van der Waals surface area contributed by atoms with Crippen LogP contribution < -0.4 is 10.6 Å². The number of carboxylic acid groups (broad SMARTS) is 1. The number of rotatable bonds is 13. The summed E-state index contributed by atoms with van der Waals surface area (Å²) in [4.78, 5) is 24.9. The highest BCUT2D eigenvalue weighted by Crippen LogP contribution is 2.30. The number of thioether (sulfide) groups is 1. The number of carboxylic acids is 1. The average molecular weight is 507 g/mol. The Kier molecular flexibility index (Phi) is 10.4. The summed E-state index contributed by atoms with van der Waals surface area (Å²) in [6.07, 6.45) is 3.01. The van der Waals surface area contributed by atoms with Crippen molar-refractivity contribution in [3.8, 4) is 11.1 Å². The predicted octanol–water partition coefficient (Wildman–Crippen LogP) is 4.86. The maximum Gasteiger partial charge on any atom is 0.326 e. The minimum absolute atomic E-state index is 0.0325. The molecule has 0 fully saturated rings. The fraction of sp³-hybridized carbons (Fsp3) is 0.310. The average Bonchev–Trinajstić information content (AvgIpc) is 2.89. The van der Waals surface area contributed by atoms with Crippen LogP contribution in [0.4, 0.5) is 5.69 Å². The smallest absolute Gasteiger partial charge is 0.326 e. The Balaban J connectivity index is 1.84. The first kappa shape index (κ1) is 27.3. The maximum atomic E-state index is 13.2. The second-order valence-corrected chi connectivity index (χ2v) is 9.83. The van der Waals surface area contributed by atoms with Crippen LogP contribution in [-0.4, -0.2) is 53.3 Å². The van der Waals surface area contributed by atoms with E-state index in [0.717, 1.165) is 28.8 Å². The molecule has 6 nitrogen and oxygen atoms in total. The molecule has 0 aliphatic heterocycles. The summed E-state index contributed by atoms with van der Waals surface area (Å²) in [5.41, 5.74) is 5.07. The summed E-state index contributed by atoms with van der Waals surface area (Å²) in [6, 6.07) is 22.4. The summed E-state index contributed by atoms with van der Waals surface area (Å²) < 4.78 is 0. The lowest BCUT2D eigenvalue weighted by Gasteiger charge is -2.19. The molecule has 0 bridgehead atoms. The Labute approximate surface area is 217 Å². The van der Waals surface area contributed by atoms with Gasteiger partial charge >= 0.3 is 5.97 Å². The van der Waals surface area contributed by atoms with Gasteiger partial charge in [0.05, 0.1) is 0 Å². The molecule has 1 amide bonds. The normalized spacial score (nSPS) is 12.5. The van der Waals surface area contributed by atoms with E-state index in [0.29, 0.717) is 24.3 Å². The number of aliphatic hydroxyl groups is 1. The molecule has 0 heterocycles. The molecule has 2 unspecified atom stereocenters. The summed E-state index contributed by atoms with van der Waals surface area (Å²) in [5.74, 6) is -0.781. The molecule has 0 aliphatic rings. The molecular formula is C29H34N2O4S. The Morgan fingerprint density at radius 2 is 1.69 bits per heavy atom. The Bertz CT molecular complexity index is 1150. The van der Waals surface area contributed by atoms with Crippen molar-refractivity contribution in [2.45, 2.75) is 25.8 Å². The van der Waals surface area contributed by atoms with E-state index in [1.807, 2.05) is 67.8 Å². The zero-order chi connectivity index (χ0) is 25.9. The number of anilines is 1. The van der Waals surface area contributed by atoms with Gasteiger partial charge in [0.25, 0.3) is 5.91 Å². The number of carbonyl (C=O) groups excluding carboxylic acids is 1. The summed E-state index contributed by atoms with van der Waals surface area (Å²) in [6.45, 7) is 2.61. The first-order valence-corrected chi connectivity index (χ1v) is 13.4. The quantitative estimate of drug-likeness (QED) is 0.264. The first-order valence-electron chi connectivity index (χ1n) is 12.0. The molecule has 0 aromatic heterocycles. The highest BCUT2D eigenvalue weighted by atomic mass is 32.2. The third-order valence-corrected chi connectivity index (χ3v) is 6.78. The molecule has 36 heavy (non-hydrogen) atoms. The van der Waals surface area contributed by atoms with Gasteiger partial charge in [-0.2, -0.15) is 11.8 Å². The van der Waals surface area contributed by atoms with Crippen molar-refractivity contribution in [3.05, 3.63) is 89.5 Å². The van der Waals surface area contributed by atoms with Gasteiger partial charge in [-0.15, -0.1) is 0 Å². The van der Waals surface area contributed by atoms with E-state index in [-0.39, 0.29) is 12.5 Å². The van der Waals surface area contributed by atoms with Crippen LogP contribution >= 0.6 is 11.8 Å². The van der Waals surface area contributed by atoms with E-state index in [2.05, 4.69) is 22.8 Å². The summed E-state index contributed by atoms with van der Waals surface area (Å²) in [5, 5.41) is 25.6. The molecule has 2 atom stereocenters. The number of nitrogens with one attached hydrogen (secondary N) is 2. The van der Waals surface area contributed by atoms with Gasteiger partial charge in [-0.05, 0) is 72.2 Å². The molecule has 0 spiro atoms. The summed E-state index contributed by atoms with van der Waals surface area (Å²) in [7, 11) is 0. The number of hydrogen-bond acceptors (Lipinski definition) is 5. The third kappa shape index (κ3) is 7.60. The number of carbonyl (C=O) groups is 2. The lowest BCUT2D eigenvalue weighted by molar-refractivity contribution is -0.139. The second-order valence-electron chi connectivity index (χ2n) is 8.84. The lowest BCUT2D eigenvalue weighted by Crippen LogP contribution is -2.41. The van der Waals surface area contributed by atoms with Crippen molar-refractivity contribution in [3.63, 3.8) is 0 Å². The van der Waals surface area contributed by atoms with Gasteiger partial charge in [0.15, 0.2) is 0 Å². The molecule has 0 radical (unpaired) electrons. The van der Waals surface area contributed by atoms with Crippen LogP contribution in [0.2, 0.25) is 0 Å². The Morgan fingerprint density at radius 3 is 2.36 bits per heavy atom. The lowest BCUT2D eigenvalue weighted by atomic mass is 9.94.